The van der Waals surface area contributed by atoms with Gasteiger partial charge in [-0.05, 0) is 41.5 Å². The van der Waals surface area contributed by atoms with Gasteiger partial charge >= 0.3 is 5.97 Å². The van der Waals surface area contributed by atoms with Crippen molar-refractivity contribution in [3.8, 4) is 0 Å². The molecule has 0 spiro atoms. The van der Waals surface area contributed by atoms with Crippen molar-refractivity contribution in [1.29, 1.82) is 0 Å². The van der Waals surface area contributed by atoms with E-state index in [0.717, 1.165) is 12.0 Å². The van der Waals surface area contributed by atoms with Crippen LogP contribution in [-0.4, -0.2) is 36.3 Å². The molecule has 0 aromatic carbocycles. The van der Waals surface area contributed by atoms with Gasteiger partial charge in [0.15, 0.2) is 5.82 Å². The molecule has 0 amide bonds. The van der Waals surface area contributed by atoms with Gasteiger partial charge in [0.1, 0.15) is 0 Å². The lowest BCUT2D eigenvalue weighted by Crippen LogP contribution is -2.15. The van der Waals surface area contributed by atoms with Crippen LogP contribution in [0.4, 0.5) is 0 Å². The Bertz CT molecular complexity index is 540. The van der Waals surface area contributed by atoms with Crippen molar-refractivity contribution < 1.29 is 9.90 Å². The molecule has 0 bridgehead atoms. The van der Waals surface area contributed by atoms with E-state index in [1.807, 2.05) is 12.1 Å². The number of nitrogens with zero attached hydrogens (tertiary/aromatic N) is 5. The molecule has 0 aliphatic rings. The molecule has 19 heavy (non-hydrogen) atoms. The van der Waals surface area contributed by atoms with Crippen LogP contribution < -0.4 is 0 Å². The molecular weight excluding hydrogens is 246 g/mol. The second-order valence-corrected chi connectivity index (χ2v) is 4.34. The molecule has 7 nitrogen and oxygen atoms in total. The van der Waals surface area contributed by atoms with Gasteiger partial charge in [0, 0.05) is 18.8 Å². The third kappa shape index (κ3) is 3.57. The molecule has 0 aliphatic heterocycles. The van der Waals surface area contributed by atoms with E-state index in [-0.39, 0.29) is 12.5 Å². The molecule has 0 fully saturated rings. The van der Waals surface area contributed by atoms with E-state index in [4.69, 9.17) is 5.11 Å². The molecule has 1 atom stereocenters. The summed E-state index contributed by atoms with van der Waals surface area (Å²) in [7, 11) is 0. The summed E-state index contributed by atoms with van der Waals surface area (Å²) in [6, 6.07) is 3.63. The van der Waals surface area contributed by atoms with E-state index < -0.39 is 5.97 Å². The maximum Gasteiger partial charge on any atom is 0.305 e. The van der Waals surface area contributed by atoms with E-state index in [1.165, 1.54) is 0 Å². The number of aliphatic carboxylic acids is 1. The normalized spacial score (nSPS) is 12.3. The van der Waals surface area contributed by atoms with Gasteiger partial charge in [-0.25, -0.2) is 4.68 Å². The highest BCUT2D eigenvalue weighted by atomic mass is 16.4. The number of pyridine rings is 1. The topological polar surface area (TPSA) is 93.8 Å². The van der Waals surface area contributed by atoms with Crippen LogP contribution in [0.2, 0.25) is 0 Å². The molecule has 1 unspecified atom stereocenters. The Morgan fingerprint density at radius 3 is 2.79 bits per heavy atom. The quantitative estimate of drug-likeness (QED) is 0.829. The molecule has 2 aromatic heterocycles. The Hall–Kier alpha value is -2.31. The van der Waals surface area contributed by atoms with Crippen LogP contribution in [0.15, 0.2) is 24.5 Å². The van der Waals surface area contributed by atoms with E-state index >= 15 is 0 Å². The van der Waals surface area contributed by atoms with Crippen LogP contribution in [0.3, 0.4) is 0 Å². The van der Waals surface area contributed by atoms with Gasteiger partial charge in [-0.1, -0.05) is 0 Å². The van der Waals surface area contributed by atoms with Gasteiger partial charge in [-0.3, -0.25) is 9.78 Å². The van der Waals surface area contributed by atoms with E-state index in [0.29, 0.717) is 12.2 Å². The summed E-state index contributed by atoms with van der Waals surface area (Å²) < 4.78 is 1.58. The van der Waals surface area contributed by atoms with Crippen molar-refractivity contribution in [2.75, 3.05) is 0 Å². The highest BCUT2D eigenvalue weighted by molar-refractivity contribution is 5.67. The third-order valence-electron chi connectivity index (χ3n) is 2.84. The lowest BCUT2D eigenvalue weighted by molar-refractivity contribution is -0.137. The van der Waals surface area contributed by atoms with Gasteiger partial charge in [0.2, 0.25) is 0 Å². The lowest BCUT2D eigenvalue weighted by Gasteiger charge is -2.10. The summed E-state index contributed by atoms with van der Waals surface area (Å²) in [5.41, 5.74) is 1.15. The molecule has 0 aliphatic carbocycles. The summed E-state index contributed by atoms with van der Waals surface area (Å²) >= 11 is 0. The van der Waals surface area contributed by atoms with Crippen LogP contribution in [0.25, 0.3) is 0 Å². The third-order valence-corrected chi connectivity index (χ3v) is 2.84. The Balaban J connectivity index is 2.01. The fourth-order valence-corrected chi connectivity index (χ4v) is 1.86. The van der Waals surface area contributed by atoms with Crippen molar-refractivity contribution in [1.82, 2.24) is 25.2 Å². The zero-order valence-electron chi connectivity index (χ0n) is 10.6. The molecule has 0 saturated carbocycles. The fraction of sp³-hybridized carbons (Fsp3) is 0.417. The summed E-state index contributed by atoms with van der Waals surface area (Å²) in [6.07, 6.45) is 4.95. The lowest BCUT2D eigenvalue weighted by atomic mass is 10.1. The number of aromatic nitrogens is 5. The average molecular weight is 261 g/mol. The van der Waals surface area contributed by atoms with Gasteiger partial charge in [0.05, 0.1) is 12.5 Å². The number of hydrogen-bond donors (Lipinski definition) is 1. The largest absolute Gasteiger partial charge is 0.481 e. The Morgan fingerprint density at radius 2 is 2.11 bits per heavy atom. The Labute approximate surface area is 110 Å². The standard InChI is InChI=1S/C12H15N5O2/c1-9(8-12(18)19)17-11(14-15-16-17)3-2-10-4-6-13-7-5-10/h4-7,9H,2-3,8H2,1H3,(H,18,19). The number of aryl methyl sites for hydroxylation is 2. The van der Waals surface area contributed by atoms with Crippen molar-refractivity contribution in [3.05, 3.63) is 35.9 Å². The molecule has 0 radical (unpaired) electrons. The van der Waals surface area contributed by atoms with Gasteiger partial charge in [-0.15, -0.1) is 5.10 Å². The number of carboxylic acids is 1. The first-order chi connectivity index (χ1) is 9.16. The Kier molecular flexibility index (Phi) is 4.17. The Morgan fingerprint density at radius 1 is 1.37 bits per heavy atom. The van der Waals surface area contributed by atoms with Crippen molar-refractivity contribution >= 4 is 5.97 Å². The zero-order chi connectivity index (χ0) is 13.7. The molecule has 100 valence electrons. The SMILES string of the molecule is CC(CC(=O)O)n1nnnc1CCc1ccncc1. The average Bonchev–Trinajstić information content (AvgIpc) is 2.85. The van der Waals surface area contributed by atoms with E-state index in [1.54, 1.807) is 24.0 Å². The monoisotopic (exact) mass is 261 g/mol. The number of carbonyl (C=O) groups is 1. The minimum atomic E-state index is -0.858. The summed E-state index contributed by atoms with van der Waals surface area (Å²) in [5.74, 6) is -0.159. The summed E-state index contributed by atoms with van der Waals surface area (Å²) in [4.78, 5) is 14.7. The zero-order valence-corrected chi connectivity index (χ0v) is 10.6. The fourth-order valence-electron chi connectivity index (χ4n) is 1.86. The molecular formula is C12H15N5O2. The van der Waals surface area contributed by atoms with Crippen LogP contribution in [0.1, 0.15) is 30.8 Å². The first kappa shape index (κ1) is 13.1. The highest BCUT2D eigenvalue weighted by Gasteiger charge is 2.15. The van der Waals surface area contributed by atoms with Crippen molar-refractivity contribution in [2.24, 2.45) is 0 Å². The van der Waals surface area contributed by atoms with Crippen LogP contribution in [-0.2, 0) is 17.6 Å². The van der Waals surface area contributed by atoms with Crippen molar-refractivity contribution in [3.63, 3.8) is 0 Å². The van der Waals surface area contributed by atoms with Gasteiger partial charge in [0.25, 0.3) is 0 Å². The highest BCUT2D eigenvalue weighted by Crippen LogP contribution is 2.12. The van der Waals surface area contributed by atoms with Crippen LogP contribution >= 0.6 is 0 Å². The summed E-state index contributed by atoms with van der Waals surface area (Å²) in [5, 5.41) is 20.2. The first-order valence-electron chi connectivity index (χ1n) is 6.04. The molecule has 1 N–H and O–H groups in total. The van der Waals surface area contributed by atoms with E-state index in [9.17, 15) is 4.79 Å². The predicted molar refractivity (Wildman–Crippen MR) is 66.4 cm³/mol. The second kappa shape index (κ2) is 6.03. The van der Waals surface area contributed by atoms with Crippen LogP contribution in [0, 0.1) is 0 Å². The second-order valence-electron chi connectivity index (χ2n) is 4.34. The van der Waals surface area contributed by atoms with Crippen molar-refractivity contribution in [2.45, 2.75) is 32.2 Å². The van der Waals surface area contributed by atoms with Gasteiger partial charge in [-0.2, -0.15) is 0 Å². The molecule has 2 aromatic rings. The minimum absolute atomic E-state index is 0.00724. The number of rotatable bonds is 6. The first-order valence-corrected chi connectivity index (χ1v) is 6.04. The maximum atomic E-state index is 10.7. The minimum Gasteiger partial charge on any atom is -0.481 e. The number of hydrogen-bond acceptors (Lipinski definition) is 5. The molecule has 7 heteroatoms. The molecule has 2 heterocycles. The number of tetrazole rings is 1. The van der Waals surface area contributed by atoms with E-state index in [2.05, 4.69) is 20.5 Å². The maximum absolute atomic E-state index is 10.7. The van der Waals surface area contributed by atoms with Gasteiger partial charge < -0.3 is 5.11 Å². The van der Waals surface area contributed by atoms with Crippen LogP contribution in [0.5, 0.6) is 0 Å². The molecule has 0 saturated heterocycles. The number of carboxylic acid groups (broad SMARTS) is 1. The predicted octanol–water partition coefficient (Wildman–Crippen LogP) is 0.889. The molecule has 2 rings (SSSR count). The summed E-state index contributed by atoms with van der Waals surface area (Å²) in [6.45, 7) is 1.79. The smallest absolute Gasteiger partial charge is 0.305 e.